The maximum absolute atomic E-state index is 13.1. The van der Waals surface area contributed by atoms with E-state index in [1.54, 1.807) is 12.3 Å². The lowest BCUT2D eigenvalue weighted by Gasteiger charge is -2.15. The molecular formula is C23H25N5O4S. The number of nitrogens with zero attached hydrogens (tertiary/aromatic N) is 3. The lowest BCUT2D eigenvalue weighted by atomic mass is 10.1. The van der Waals surface area contributed by atoms with Crippen LogP contribution >= 0.6 is 0 Å². The summed E-state index contributed by atoms with van der Waals surface area (Å²) in [6, 6.07) is 11.7. The quantitative estimate of drug-likeness (QED) is 0.463. The van der Waals surface area contributed by atoms with Crippen molar-refractivity contribution in [1.82, 2.24) is 14.5 Å². The Labute approximate surface area is 192 Å². The number of hydrogen-bond acceptors (Lipinski definition) is 7. The van der Waals surface area contributed by atoms with E-state index in [9.17, 15) is 13.2 Å². The summed E-state index contributed by atoms with van der Waals surface area (Å²) in [6.45, 7) is 0.0522. The summed E-state index contributed by atoms with van der Waals surface area (Å²) < 4.78 is 28.6. The number of carbonyl (C=O) groups is 1. The van der Waals surface area contributed by atoms with Crippen molar-refractivity contribution in [2.24, 2.45) is 11.1 Å². The maximum atomic E-state index is 13.1. The van der Waals surface area contributed by atoms with Crippen molar-refractivity contribution in [3.63, 3.8) is 0 Å². The minimum atomic E-state index is -3.95. The van der Waals surface area contributed by atoms with E-state index < -0.39 is 10.3 Å². The van der Waals surface area contributed by atoms with Gasteiger partial charge in [-0.15, -0.1) is 0 Å². The van der Waals surface area contributed by atoms with E-state index in [4.69, 9.17) is 9.32 Å². The molecular weight excluding hydrogens is 442 g/mol. The Morgan fingerprint density at radius 2 is 2.06 bits per heavy atom. The first kappa shape index (κ1) is 22.8. The van der Waals surface area contributed by atoms with Crippen LogP contribution in [0.15, 0.2) is 61.3 Å². The van der Waals surface area contributed by atoms with Crippen molar-refractivity contribution in [3.05, 3.63) is 78.0 Å². The zero-order valence-electron chi connectivity index (χ0n) is 17.9. The van der Waals surface area contributed by atoms with Gasteiger partial charge in [-0.05, 0) is 42.9 Å². The standard InChI is InChI=1S/C23H25N5O4S/c24-33(30,31)32-15-18-6-7-20(12-18)27-23-21(13-25-16-26-23)22(29)19-9-11-28(14-19)10-8-17-4-2-1-3-5-17/h1-5,8-11,13-14,16,18,20H,6-7,12,15H2,(H2,24,30,31)(H,25,26,27). The second-order valence-corrected chi connectivity index (χ2v) is 9.21. The molecule has 0 saturated heterocycles. The Bertz CT molecular complexity index is 1240. The molecule has 1 aliphatic rings. The molecule has 0 spiro atoms. The van der Waals surface area contributed by atoms with Crippen LogP contribution in [-0.4, -0.2) is 41.4 Å². The normalized spacial score (nSPS) is 18.6. The molecule has 3 aromatic rings. The van der Waals surface area contributed by atoms with Gasteiger partial charge in [-0.2, -0.15) is 8.42 Å². The molecule has 172 valence electrons. The number of nitrogens with one attached hydrogen (secondary N) is 1. The largest absolute Gasteiger partial charge is 0.367 e. The van der Waals surface area contributed by atoms with E-state index in [2.05, 4.69) is 15.3 Å². The van der Waals surface area contributed by atoms with Crippen LogP contribution in [0.3, 0.4) is 0 Å². The van der Waals surface area contributed by atoms with Gasteiger partial charge in [-0.25, -0.2) is 15.1 Å². The van der Waals surface area contributed by atoms with Crippen molar-refractivity contribution in [3.8, 4) is 0 Å². The lowest BCUT2D eigenvalue weighted by Crippen LogP contribution is -2.22. The van der Waals surface area contributed by atoms with Gasteiger partial charge in [0.1, 0.15) is 12.1 Å². The Balaban J connectivity index is 1.42. The highest BCUT2D eigenvalue weighted by atomic mass is 32.2. The van der Waals surface area contributed by atoms with Crippen molar-refractivity contribution >= 4 is 34.2 Å². The molecule has 1 fully saturated rings. The molecule has 0 amide bonds. The monoisotopic (exact) mass is 467 g/mol. The number of rotatable bonds is 9. The van der Waals surface area contributed by atoms with Gasteiger partial charge in [0.2, 0.25) is 0 Å². The Morgan fingerprint density at radius 1 is 1.24 bits per heavy atom. The van der Waals surface area contributed by atoms with Gasteiger partial charge in [0.15, 0.2) is 5.78 Å². The van der Waals surface area contributed by atoms with Crippen molar-refractivity contribution < 1.29 is 17.4 Å². The van der Waals surface area contributed by atoms with Crippen LogP contribution in [0, 0.1) is 5.92 Å². The smallest absolute Gasteiger partial charge is 0.333 e. The Kier molecular flexibility index (Phi) is 6.97. The Morgan fingerprint density at radius 3 is 2.85 bits per heavy atom. The third kappa shape index (κ3) is 6.35. The topological polar surface area (TPSA) is 129 Å². The van der Waals surface area contributed by atoms with E-state index in [1.165, 1.54) is 12.5 Å². The maximum Gasteiger partial charge on any atom is 0.333 e. The molecule has 0 aliphatic heterocycles. The number of hydrogen-bond donors (Lipinski definition) is 2. The number of ketones is 1. The first-order chi connectivity index (χ1) is 15.9. The summed E-state index contributed by atoms with van der Waals surface area (Å²) in [5.41, 5.74) is 1.97. The second kappa shape index (κ2) is 10.1. The molecule has 3 N–H and O–H groups in total. The van der Waals surface area contributed by atoms with E-state index in [-0.39, 0.29) is 24.3 Å². The third-order valence-corrected chi connectivity index (χ3v) is 5.99. The molecule has 2 aromatic heterocycles. The molecule has 9 nitrogen and oxygen atoms in total. The van der Waals surface area contributed by atoms with Crippen LogP contribution in [0.4, 0.5) is 5.82 Å². The van der Waals surface area contributed by atoms with Crippen LogP contribution in [0.1, 0.15) is 40.7 Å². The molecule has 1 aromatic carbocycles. The number of carbonyl (C=O) groups excluding carboxylic acids is 1. The second-order valence-electron chi connectivity index (χ2n) is 7.99. The summed E-state index contributed by atoms with van der Waals surface area (Å²) >= 11 is 0. The van der Waals surface area contributed by atoms with Crippen LogP contribution in [-0.2, 0) is 14.5 Å². The first-order valence-electron chi connectivity index (χ1n) is 10.6. The molecule has 2 heterocycles. The average molecular weight is 468 g/mol. The van der Waals surface area contributed by atoms with Crippen molar-refractivity contribution in [1.29, 1.82) is 0 Å². The Hall–Kier alpha value is -3.34. The molecule has 2 atom stereocenters. The number of nitrogens with two attached hydrogens (primary N) is 1. The van der Waals surface area contributed by atoms with E-state index >= 15 is 0 Å². The van der Waals surface area contributed by atoms with Gasteiger partial charge < -0.3 is 9.88 Å². The summed E-state index contributed by atoms with van der Waals surface area (Å²) in [4.78, 5) is 21.4. The van der Waals surface area contributed by atoms with Gasteiger partial charge in [-0.1, -0.05) is 30.3 Å². The fourth-order valence-corrected chi connectivity index (χ4v) is 4.27. The van der Waals surface area contributed by atoms with Gasteiger partial charge in [0.25, 0.3) is 0 Å². The molecule has 10 heteroatoms. The van der Waals surface area contributed by atoms with Crippen LogP contribution in [0.2, 0.25) is 0 Å². The van der Waals surface area contributed by atoms with E-state index in [0.717, 1.165) is 18.4 Å². The summed E-state index contributed by atoms with van der Waals surface area (Å²) in [6.07, 6.45) is 12.6. The fourth-order valence-electron chi connectivity index (χ4n) is 3.88. The predicted octanol–water partition coefficient (Wildman–Crippen LogP) is 2.94. The number of benzene rings is 1. The fraction of sp³-hybridized carbons (Fsp3) is 0.261. The first-order valence-corrected chi connectivity index (χ1v) is 12.0. The minimum Gasteiger partial charge on any atom is -0.367 e. The minimum absolute atomic E-state index is 0.0407. The number of anilines is 1. The highest BCUT2D eigenvalue weighted by Crippen LogP contribution is 2.29. The van der Waals surface area contributed by atoms with Crippen LogP contribution in [0.25, 0.3) is 12.3 Å². The van der Waals surface area contributed by atoms with E-state index in [0.29, 0.717) is 23.4 Å². The van der Waals surface area contributed by atoms with Gasteiger partial charge >= 0.3 is 10.3 Å². The molecule has 4 rings (SSSR count). The predicted molar refractivity (Wildman–Crippen MR) is 125 cm³/mol. The molecule has 1 aliphatic carbocycles. The highest BCUT2D eigenvalue weighted by Gasteiger charge is 2.27. The summed E-state index contributed by atoms with van der Waals surface area (Å²) in [5, 5.41) is 8.22. The molecule has 1 saturated carbocycles. The molecule has 33 heavy (non-hydrogen) atoms. The summed E-state index contributed by atoms with van der Waals surface area (Å²) in [5.74, 6) is 0.338. The van der Waals surface area contributed by atoms with Crippen LogP contribution in [0.5, 0.6) is 0 Å². The number of aromatic nitrogens is 3. The molecule has 0 radical (unpaired) electrons. The zero-order valence-corrected chi connectivity index (χ0v) is 18.7. The lowest BCUT2D eigenvalue weighted by molar-refractivity contribution is 0.103. The van der Waals surface area contributed by atoms with Gasteiger partial charge in [0, 0.05) is 36.4 Å². The third-order valence-electron chi connectivity index (χ3n) is 5.52. The summed E-state index contributed by atoms with van der Waals surface area (Å²) in [7, 11) is -3.95. The van der Waals surface area contributed by atoms with Crippen molar-refractivity contribution in [2.45, 2.75) is 25.3 Å². The van der Waals surface area contributed by atoms with Gasteiger partial charge in [-0.3, -0.25) is 8.98 Å². The van der Waals surface area contributed by atoms with E-state index in [1.807, 2.05) is 53.4 Å². The molecule has 0 bridgehead atoms. The zero-order chi connectivity index (χ0) is 23.3. The SMILES string of the molecule is NS(=O)(=O)OCC1CCC(Nc2ncncc2C(=O)c2ccn(C=Cc3ccccc3)c2)C1. The highest BCUT2D eigenvalue weighted by molar-refractivity contribution is 7.84. The van der Waals surface area contributed by atoms with Gasteiger partial charge in [0.05, 0.1) is 12.2 Å². The average Bonchev–Trinajstić information content (AvgIpc) is 3.46. The molecule has 2 unspecified atom stereocenters. The van der Waals surface area contributed by atoms with Crippen molar-refractivity contribution in [2.75, 3.05) is 11.9 Å². The van der Waals surface area contributed by atoms with Crippen LogP contribution < -0.4 is 10.5 Å².